The lowest BCUT2D eigenvalue weighted by Crippen LogP contribution is -2.45. The molecule has 7 heteroatoms. The van der Waals surface area contributed by atoms with Crippen LogP contribution in [-0.2, 0) is 28.6 Å². The molecule has 1 aliphatic rings. The normalized spacial score (nSPS) is 19.0. The maximum absolute atomic E-state index is 12.7. The van der Waals surface area contributed by atoms with Gasteiger partial charge in [0.05, 0.1) is 19.1 Å². The molecule has 0 saturated carbocycles. The van der Waals surface area contributed by atoms with Crippen molar-refractivity contribution in [2.75, 3.05) is 26.3 Å². The van der Waals surface area contributed by atoms with Crippen molar-refractivity contribution < 1.29 is 28.6 Å². The van der Waals surface area contributed by atoms with Crippen molar-refractivity contribution in [1.82, 2.24) is 5.32 Å². The predicted molar refractivity (Wildman–Crippen MR) is 87.1 cm³/mol. The average Bonchev–Trinajstić information content (AvgIpc) is 2.96. The van der Waals surface area contributed by atoms with E-state index >= 15 is 0 Å². The molecule has 0 aliphatic carbocycles. The minimum atomic E-state index is -1.30. The maximum Gasteiger partial charge on any atom is 0.321 e. The Morgan fingerprint density at radius 2 is 1.58 bits per heavy atom. The van der Waals surface area contributed by atoms with Crippen LogP contribution in [-0.4, -0.2) is 49.8 Å². The molecule has 2 unspecified atom stereocenters. The molecule has 1 N–H and O–H groups in total. The number of hydrogen-bond donors (Lipinski definition) is 1. The molecule has 2 atom stereocenters. The molecule has 0 spiro atoms. The third-order valence-corrected chi connectivity index (χ3v) is 3.73. The lowest BCUT2D eigenvalue weighted by Gasteiger charge is -2.30. The van der Waals surface area contributed by atoms with Crippen LogP contribution in [0.15, 0.2) is 0 Å². The first kappa shape index (κ1) is 20.4. The Morgan fingerprint density at radius 3 is 1.96 bits per heavy atom. The summed E-state index contributed by atoms with van der Waals surface area (Å²) in [4.78, 5) is 37.5. The van der Waals surface area contributed by atoms with Gasteiger partial charge in [0.25, 0.3) is 0 Å². The van der Waals surface area contributed by atoms with Gasteiger partial charge in [0.1, 0.15) is 5.60 Å². The Balaban J connectivity index is 3.15. The van der Waals surface area contributed by atoms with Crippen molar-refractivity contribution in [1.29, 1.82) is 0 Å². The number of hydrogen-bond acceptors (Lipinski definition) is 7. The van der Waals surface area contributed by atoms with E-state index in [1.165, 1.54) is 0 Å². The standard InChI is InChI=1S/C17H29NO6/c1-6-22-14(19)13(15(20)23-7-2)12(11-8-9-18-10-11)16(21)24-17(3,4)5/h11-13,18H,6-10H2,1-5H3. The zero-order chi connectivity index (χ0) is 18.3. The highest BCUT2D eigenvalue weighted by atomic mass is 16.6. The predicted octanol–water partition coefficient (Wildman–Crippen LogP) is 1.30. The molecule has 1 fully saturated rings. The summed E-state index contributed by atoms with van der Waals surface area (Å²) in [5.41, 5.74) is -0.713. The number of esters is 3. The van der Waals surface area contributed by atoms with Crippen molar-refractivity contribution in [3.05, 3.63) is 0 Å². The molecule has 1 heterocycles. The summed E-state index contributed by atoms with van der Waals surface area (Å²) < 4.78 is 15.5. The SMILES string of the molecule is CCOC(=O)C(C(=O)OCC)C(C(=O)OC(C)(C)C)C1CCNC1. The highest BCUT2D eigenvalue weighted by molar-refractivity contribution is 5.99. The first-order chi connectivity index (χ1) is 11.2. The van der Waals surface area contributed by atoms with Crippen LogP contribution in [0.3, 0.4) is 0 Å². The minimum Gasteiger partial charge on any atom is -0.465 e. The zero-order valence-corrected chi connectivity index (χ0v) is 15.2. The van der Waals surface area contributed by atoms with Gasteiger partial charge in [-0.2, -0.15) is 0 Å². The fourth-order valence-corrected chi connectivity index (χ4v) is 2.81. The molecule has 0 aromatic carbocycles. The van der Waals surface area contributed by atoms with Crippen molar-refractivity contribution >= 4 is 17.9 Å². The Kier molecular flexibility index (Phi) is 7.66. The van der Waals surface area contributed by atoms with E-state index in [0.29, 0.717) is 13.0 Å². The summed E-state index contributed by atoms with van der Waals surface area (Å²) in [5.74, 6) is -4.44. The van der Waals surface area contributed by atoms with Gasteiger partial charge in [-0.3, -0.25) is 14.4 Å². The van der Waals surface area contributed by atoms with Crippen LogP contribution in [0.4, 0.5) is 0 Å². The topological polar surface area (TPSA) is 90.9 Å². The second kappa shape index (κ2) is 9.01. The monoisotopic (exact) mass is 343 g/mol. The molecule has 0 aromatic rings. The Morgan fingerprint density at radius 1 is 1.04 bits per heavy atom. The van der Waals surface area contributed by atoms with Crippen LogP contribution < -0.4 is 5.32 Å². The fraction of sp³-hybridized carbons (Fsp3) is 0.824. The molecule has 24 heavy (non-hydrogen) atoms. The molecule has 0 bridgehead atoms. The van der Waals surface area contributed by atoms with E-state index < -0.39 is 35.3 Å². The number of carbonyl (C=O) groups excluding carboxylic acids is 3. The van der Waals surface area contributed by atoms with Crippen LogP contribution in [0.1, 0.15) is 41.0 Å². The molecular weight excluding hydrogens is 314 g/mol. The van der Waals surface area contributed by atoms with E-state index in [2.05, 4.69) is 5.32 Å². The zero-order valence-electron chi connectivity index (χ0n) is 15.2. The van der Waals surface area contributed by atoms with Gasteiger partial charge in [-0.15, -0.1) is 0 Å². The second-order valence-corrected chi connectivity index (χ2v) is 6.79. The van der Waals surface area contributed by atoms with Crippen LogP contribution in [0, 0.1) is 17.8 Å². The van der Waals surface area contributed by atoms with E-state index in [0.717, 1.165) is 6.54 Å². The fourth-order valence-electron chi connectivity index (χ4n) is 2.81. The number of carbonyl (C=O) groups is 3. The number of ether oxygens (including phenoxy) is 3. The summed E-state index contributed by atoms with van der Waals surface area (Å²) in [6.45, 7) is 10.1. The highest BCUT2D eigenvalue weighted by Gasteiger charge is 2.48. The largest absolute Gasteiger partial charge is 0.465 e. The van der Waals surface area contributed by atoms with Gasteiger partial charge >= 0.3 is 17.9 Å². The maximum atomic E-state index is 12.7. The van der Waals surface area contributed by atoms with Gasteiger partial charge in [0, 0.05) is 0 Å². The molecule has 1 aliphatic heterocycles. The molecule has 0 amide bonds. The highest BCUT2D eigenvalue weighted by Crippen LogP contribution is 2.31. The van der Waals surface area contributed by atoms with E-state index in [9.17, 15) is 14.4 Å². The number of nitrogens with one attached hydrogen (secondary N) is 1. The Bertz CT molecular complexity index is 432. The average molecular weight is 343 g/mol. The van der Waals surface area contributed by atoms with Gasteiger partial charge in [0.15, 0.2) is 5.92 Å². The lowest BCUT2D eigenvalue weighted by molar-refractivity contribution is -0.178. The molecular formula is C17H29NO6. The molecule has 1 saturated heterocycles. The Hall–Kier alpha value is -1.63. The van der Waals surface area contributed by atoms with Crippen LogP contribution >= 0.6 is 0 Å². The second-order valence-electron chi connectivity index (χ2n) is 6.79. The van der Waals surface area contributed by atoms with E-state index in [4.69, 9.17) is 14.2 Å². The van der Waals surface area contributed by atoms with E-state index in [1.54, 1.807) is 34.6 Å². The molecule has 0 aromatic heterocycles. The first-order valence-electron chi connectivity index (χ1n) is 8.48. The third-order valence-electron chi connectivity index (χ3n) is 3.73. The van der Waals surface area contributed by atoms with Crippen molar-refractivity contribution in [2.24, 2.45) is 17.8 Å². The van der Waals surface area contributed by atoms with Gasteiger partial charge in [-0.05, 0) is 60.0 Å². The molecule has 138 valence electrons. The van der Waals surface area contributed by atoms with Crippen molar-refractivity contribution in [3.8, 4) is 0 Å². The quantitative estimate of drug-likeness (QED) is 0.423. The number of rotatable bonds is 7. The Labute approximate surface area is 143 Å². The lowest BCUT2D eigenvalue weighted by atomic mass is 9.80. The van der Waals surface area contributed by atoms with Crippen molar-refractivity contribution in [2.45, 2.75) is 46.6 Å². The van der Waals surface area contributed by atoms with Crippen LogP contribution in [0.2, 0.25) is 0 Å². The summed E-state index contributed by atoms with van der Waals surface area (Å²) >= 11 is 0. The van der Waals surface area contributed by atoms with Crippen molar-refractivity contribution in [3.63, 3.8) is 0 Å². The van der Waals surface area contributed by atoms with Gasteiger partial charge in [0.2, 0.25) is 0 Å². The summed E-state index contributed by atoms with van der Waals surface area (Å²) in [6.07, 6.45) is 0.680. The molecule has 1 rings (SSSR count). The first-order valence-corrected chi connectivity index (χ1v) is 8.48. The van der Waals surface area contributed by atoms with Gasteiger partial charge < -0.3 is 19.5 Å². The van der Waals surface area contributed by atoms with Gasteiger partial charge in [-0.1, -0.05) is 0 Å². The molecule has 7 nitrogen and oxygen atoms in total. The van der Waals surface area contributed by atoms with Crippen LogP contribution in [0.5, 0.6) is 0 Å². The van der Waals surface area contributed by atoms with E-state index in [-0.39, 0.29) is 19.1 Å². The van der Waals surface area contributed by atoms with Gasteiger partial charge in [-0.25, -0.2) is 0 Å². The summed E-state index contributed by atoms with van der Waals surface area (Å²) in [5, 5.41) is 3.16. The molecule has 0 radical (unpaired) electrons. The smallest absolute Gasteiger partial charge is 0.321 e. The third kappa shape index (κ3) is 5.78. The van der Waals surface area contributed by atoms with E-state index in [1.807, 2.05) is 0 Å². The summed E-state index contributed by atoms with van der Waals surface area (Å²) in [6, 6.07) is 0. The van der Waals surface area contributed by atoms with Crippen LogP contribution in [0.25, 0.3) is 0 Å². The minimum absolute atomic E-state index is 0.124. The summed E-state index contributed by atoms with van der Waals surface area (Å²) in [7, 11) is 0.